The van der Waals surface area contributed by atoms with Gasteiger partial charge < -0.3 is 15.4 Å². The summed E-state index contributed by atoms with van der Waals surface area (Å²) in [6, 6.07) is 5.93. The molecule has 0 amide bonds. The maximum absolute atomic E-state index is 5.31. The van der Waals surface area contributed by atoms with Gasteiger partial charge in [-0.2, -0.15) is 0 Å². The van der Waals surface area contributed by atoms with Crippen molar-refractivity contribution in [3.63, 3.8) is 0 Å². The SMILES string of the molecule is CN=C(NCCc1nnc2ccccn12)NCC1(CCOC)CCCC1.I. The molecule has 0 bridgehead atoms. The van der Waals surface area contributed by atoms with E-state index in [1.807, 2.05) is 35.8 Å². The zero-order valence-electron chi connectivity index (χ0n) is 16.3. The topological polar surface area (TPSA) is 75.8 Å². The first-order valence-electron chi connectivity index (χ1n) is 9.48. The highest BCUT2D eigenvalue weighted by Crippen LogP contribution is 2.40. The van der Waals surface area contributed by atoms with Crippen molar-refractivity contribution in [2.75, 3.05) is 33.9 Å². The lowest BCUT2D eigenvalue weighted by Gasteiger charge is -2.29. The Balaban J connectivity index is 0.00000261. The second-order valence-electron chi connectivity index (χ2n) is 7.10. The fourth-order valence-electron chi connectivity index (χ4n) is 3.80. The Kier molecular flexibility index (Phi) is 8.75. The van der Waals surface area contributed by atoms with Gasteiger partial charge in [-0.1, -0.05) is 18.9 Å². The monoisotopic (exact) mass is 486 g/mol. The molecule has 0 aliphatic heterocycles. The molecule has 0 aromatic carbocycles. The predicted octanol–water partition coefficient (Wildman–Crippen LogP) is 2.65. The highest BCUT2D eigenvalue weighted by Gasteiger charge is 2.33. The largest absolute Gasteiger partial charge is 0.385 e. The van der Waals surface area contributed by atoms with Crippen molar-refractivity contribution >= 4 is 35.6 Å². The molecule has 8 heteroatoms. The molecule has 2 aromatic heterocycles. The third kappa shape index (κ3) is 5.78. The van der Waals surface area contributed by atoms with Crippen molar-refractivity contribution in [3.05, 3.63) is 30.2 Å². The van der Waals surface area contributed by atoms with Gasteiger partial charge in [0.25, 0.3) is 0 Å². The van der Waals surface area contributed by atoms with Gasteiger partial charge in [-0.05, 0) is 36.8 Å². The van der Waals surface area contributed by atoms with Crippen LogP contribution in [-0.4, -0.2) is 54.4 Å². The number of halogens is 1. The van der Waals surface area contributed by atoms with Gasteiger partial charge in [-0.3, -0.25) is 9.39 Å². The van der Waals surface area contributed by atoms with Crippen molar-refractivity contribution < 1.29 is 4.74 Å². The summed E-state index contributed by atoms with van der Waals surface area (Å²) in [6.07, 6.45) is 9.07. The van der Waals surface area contributed by atoms with Gasteiger partial charge in [0.1, 0.15) is 5.82 Å². The minimum absolute atomic E-state index is 0. The zero-order chi connectivity index (χ0) is 18.2. The predicted molar refractivity (Wildman–Crippen MR) is 119 cm³/mol. The van der Waals surface area contributed by atoms with E-state index >= 15 is 0 Å². The first kappa shape index (κ1) is 21.9. The molecule has 1 fully saturated rings. The van der Waals surface area contributed by atoms with Crippen LogP contribution in [0.2, 0.25) is 0 Å². The van der Waals surface area contributed by atoms with Crippen LogP contribution in [0.25, 0.3) is 5.65 Å². The number of aliphatic imine (C=N–C) groups is 1. The lowest BCUT2D eigenvalue weighted by atomic mass is 9.83. The summed E-state index contributed by atoms with van der Waals surface area (Å²) in [7, 11) is 3.60. The number of hydrogen-bond acceptors (Lipinski definition) is 4. The van der Waals surface area contributed by atoms with Crippen LogP contribution in [0.3, 0.4) is 0 Å². The van der Waals surface area contributed by atoms with Crippen LogP contribution in [-0.2, 0) is 11.2 Å². The number of pyridine rings is 1. The molecule has 2 heterocycles. The van der Waals surface area contributed by atoms with Gasteiger partial charge >= 0.3 is 0 Å². The Labute approximate surface area is 178 Å². The first-order chi connectivity index (χ1) is 12.8. The molecule has 1 aliphatic rings. The van der Waals surface area contributed by atoms with Gasteiger partial charge in [0.15, 0.2) is 11.6 Å². The summed E-state index contributed by atoms with van der Waals surface area (Å²) in [5.74, 6) is 1.80. The third-order valence-corrected chi connectivity index (χ3v) is 5.38. The number of guanidine groups is 1. The van der Waals surface area contributed by atoms with E-state index in [0.29, 0.717) is 5.41 Å². The Morgan fingerprint density at radius 1 is 1.26 bits per heavy atom. The van der Waals surface area contributed by atoms with Crippen LogP contribution >= 0.6 is 24.0 Å². The first-order valence-corrected chi connectivity index (χ1v) is 9.48. The maximum Gasteiger partial charge on any atom is 0.191 e. The highest BCUT2D eigenvalue weighted by atomic mass is 127. The van der Waals surface area contributed by atoms with Crippen molar-refractivity contribution in [2.45, 2.75) is 38.5 Å². The molecule has 150 valence electrons. The second kappa shape index (κ2) is 10.8. The summed E-state index contributed by atoms with van der Waals surface area (Å²) in [5, 5.41) is 15.4. The van der Waals surface area contributed by atoms with Gasteiger partial charge in [-0.25, -0.2) is 0 Å². The van der Waals surface area contributed by atoms with E-state index in [-0.39, 0.29) is 24.0 Å². The van der Waals surface area contributed by atoms with Gasteiger partial charge in [0.2, 0.25) is 0 Å². The van der Waals surface area contributed by atoms with E-state index in [9.17, 15) is 0 Å². The van der Waals surface area contributed by atoms with E-state index in [1.54, 1.807) is 7.11 Å². The number of ether oxygens (including phenoxy) is 1. The van der Waals surface area contributed by atoms with Crippen LogP contribution in [0.1, 0.15) is 37.9 Å². The number of fused-ring (bicyclic) bond motifs is 1. The number of rotatable bonds is 8. The standard InChI is InChI=1S/C19H30N6O.HI/c1-20-18(22-15-19(11-14-26-2)9-4-5-10-19)21-12-8-17-24-23-16-7-3-6-13-25(16)17;/h3,6-7,13H,4-5,8-12,14-15H2,1-2H3,(H2,20,21,22);1H. The van der Waals surface area contributed by atoms with Crippen LogP contribution in [0.4, 0.5) is 0 Å². The molecule has 7 nitrogen and oxygen atoms in total. The van der Waals surface area contributed by atoms with Crippen LogP contribution in [0.15, 0.2) is 29.4 Å². The smallest absolute Gasteiger partial charge is 0.191 e. The minimum Gasteiger partial charge on any atom is -0.385 e. The lowest BCUT2D eigenvalue weighted by Crippen LogP contribution is -2.44. The molecule has 2 N–H and O–H groups in total. The molecule has 0 spiro atoms. The lowest BCUT2D eigenvalue weighted by molar-refractivity contribution is 0.138. The number of methoxy groups -OCH3 is 1. The molecular weight excluding hydrogens is 455 g/mol. The molecule has 3 rings (SSSR count). The minimum atomic E-state index is 0. The molecule has 1 aliphatic carbocycles. The van der Waals surface area contributed by atoms with Crippen LogP contribution < -0.4 is 10.6 Å². The molecule has 2 aromatic rings. The Morgan fingerprint density at radius 3 is 2.81 bits per heavy atom. The molecule has 0 atom stereocenters. The average Bonchev–Trinajstić information content (AvgIpc) is 3.31. The Morgan fingerprint density at radius 2 is 2.07 bits per heavy atom. The number of nitrogens with one attached hydrogen (secondary N) is 2. The number of nitrogens with zero attached hydrogens (tertiary/aromatic N) is 4. The molecule has 0 saturated heterocycles. The van der Waals surface area contributed by atoms with Gasteiger partial charge in [0, 0.05) is 46.5 Å². The molecular formula is C19H31IN6O. The summed E-state index contributed by atoms with van der Waals surface area (Å²) < 4.78 is 7.34. The van der Waals surface area contributed by atoms with Crippen molar-refractivity contribution in [2.24, 2.45) is 10.4 Å². The zero-order valence-corrected chi connectivity index (χ0v) is 18.6. The summed E-state index contributed by atoms with van der Waals surface area (Å²) in [5.41, 5.74) is 1.22. The molecule has 0 radical (unpaired) electrons. The van der Waals surface area contributed by atoms with E-state index < -0.39 is 0 Å². The summed E-state index contributed by atoms with van der Waals surface area (Å²) >= 11 is 0. The molecule has 0 unspecified atom stereocenters. The van der Waals surface area contributed by atoms with Crippen molar-refractivity contribution in [1.29, 1.82) is 0 Å². The number of hydrogen-bond donors (Lipinski definition) is 2. The third-order valence-electron chi connectivity index (χ3n) is 5.38. The van der Waals surface area contributed by atoms with E-state index in [2.05, 4.69) is 25.8 Å². The second-order valence-corrected chi connectivity index (χ2v) is 7.10. The fraction of sp³-hybridized carbons (Fsp3) is 0.632. The quantitative estimate of drug-likeness (QED) is 0.341. The van der Waals surface area contributed by atoms with E-state index in [0.717, 1.165) is 50.0 Å². The van der Waals surface area contributed by atoms with Crippen LogP contribution in [0, 0.1) is 5.41 Å². The van der Waals surface area contributed by atoms with Crippen LogP contribution in [0.5, 0.6) is 0 Å². The maximum atomic E-state index is 5.31. The Bertz CT molecular complexity index is 726. The highest BCUT2D eigenvalue weighted by molar-refractivity contribution is 14.0. The van der Waals surface area contributed by atoms with Gasteiger partial charge in [-0.15, -0.1) is 34.2 Å². The Hall–Kier alpha value is -1.42. The molecule has 1 saturated carbocycles. The van der Waals surface area contributed by atoms with Crippen molar-refractivity contribution in [3.8, 4) is 0 Å². The van der Waals surface area contributed by atoms with E-state index in [4.69, 9.17) is 4.74 Å². The van der Waals surface area contributed by atoms with E-state index in [1.165, 1.54) is 25.7 Å². The number of aromatic nitrogens is 3. The average molecular weight is 486 g/mol. The van der Waals surface area contributed by atoms with Gasteiger partial charge in [0.05, 0.1) is 0 Å². The fourth-order valence-corrected chi connectivity index (χ4v) is 3.80. The molecule has 27 heavy (non-hydrogen) atoms. The normalized spacial score (nSPS) is 16.3. The summed E-state index contributed by atoms with van der Waals surface area (Å²) in [6.45, 7) is 2.54. The summed E-state index contributed by atoms with van der Waals surface area (Å²) in [4.78, 5) is 4.36. The van der Waals surface area contributed by atoms with Crippen molar-refractivity contribution in [1.82, 2.24) is 25.2 Å².